The van der Waals surface area contributed by atoms with Gasteiger partial charge in [0.25, 0.3) is 0 Å². The number of hydrogen-bond acceptors (Lipinski definition) is 4. The van der Waals surface area contributed by atoms with Crippen molar-refractivity contribution in [3.8, 4) is 0 Å². The summed E-state index contributed by atoms with van der Waals surface area (Å²) in [6, 6.07) is 6.99. The summed E-state index contributed by atoms with van der Waals surface area (Å²) in [5, 5.41) is 4.06. The predicted octanol–water partition coefficient (Wildman–Crippen LogP) is 4.56. The number of hydrogen-bond donors (Lipinski definition) is 1. The lowest BCUT2D eigenvalue weighted by molar-refractivity contribution is 0.0512. The fourth-order valence-electron chi connectivity index (χ4n) is 2.69. The van der Waals surface area contributed by atoms with Crippen molar-refractivity contribution in [1.82, 2.24) is 9.88 Å². The van der Waals surface area contributed by atoms with Gasteiger partial charge in [0, 0.05) is 23.0 Å². The number of alkyl carbamates (subject to hydrolysis) is 1. The normalized spacial score (nSPS) is 12.7. The number of rotatable bonds is 5. The Morgan fingerprint density at radius 3 is 2.62 bits per heavy atom. The monoisotopic (exact) mass is 380 g/mol. The van der Waals surface area contributed by atoms with Crippen molar-refractivity contribution in [3.63, 3.8) is 0 Å². The number of halogens is 1. The third-order valence-corrected chi connectivity index (χ3v) is 4.03. The average molecular weight is 381 g/mol. The number of carbonyl (C=O) groups is 2. The van der Waals surface area contributed by atoms with Crippen LogP contribution >= 0.6 is 11.6 Å². The highest BCUT2D eigenvalue weighted by Gasteiger charge is 2.23. The Morgan fingerprint density at radius 1 is 1.31 bits per heavy atom. The van der Waals surface area contributed by atoms with Gasteiger partial charge in [-0.1, -0.05) is 17.7 Å². The zero-order chi connectivity index (χ0) is 19.5. The molecule has 0 bridgehead atoms. The van der Waals surface area contributed by atoms with Gasteiger partial charge in [0.1, 0.15) is 11.3 Å². The summed E-state index contributed by atoms with van der Waals surface area (Å²) in [6.45, 7) is 9.63. The van der Waals surface area contributed by atoms with Gasteiger partial charge in [-0.25, -0.2) is 9.59 Å². The van der Waals surface area contributed by atoms with Crippen LogP contribution in [0, 0.1) is 0 Å². The molecule has 1 aromatic carbocycles. The highest BCUT2D eigenvalue weighted by molar-refractivity contribution is 6.35. The number of benzene rings is 1. The third-order valence-electron chi connectivity index (χ3n) is 3.70. The van der Waals surface area contributed by atoms with Crippen LogP contribution in [0.15, 0.2) is 24.3 Å². The molecule has 2 aromatic rings. The third kappa shape index (κ3) is 4.69. The van der Waals surface area contributed by atoms with E-state index in [1.165, 1.54) is 0 Å². The number of nitrogens with one attached hydrogen (secondary N) is 1. The molecule has 0 aliphatic heterocycles. The zero-order valence-corrected chi connectivity index (χ0v) is 16.5. The number of carbonyl (C=O) groups excluding carboxylic acids is 2. The highest BCUT2D eigenvalue weighted by Crippen LogP contribution is 2.30. The van der Waals surface area contributed by atoms with Crippen LogP contribution in [0.3, 0.4) is 0 Å². The Kier molecular flexibility index (Phi) is 6.18. The number of nitrogens with zero attached hydrogens (tertiary/aromatic N) is 1. The Labute approximate surface area is 158 Å². The Bertz CT molecular complexity index is 808. The molecule has 0 saturated heterocycles. The number of fused-ring (bicyclic) bond motifs is 1. The van der Waals surface area contributed by atoms with Crippen molar-refractivity contribution in [2.75, 3.05) is 13.2 Å². The van der Waals surface area contributed by atoms with E-state index >= 15 is 0 Å². The second-order valence-corrected chi connectivity index (χ2v) is 7.43. The van der Waals surface area contributed by atoms with E-state index in [4.69, 9.17) is 21.1 Å². The molecule has 0 saturated carbocycles. The zero-order valence-electron chi connectivity index (χ0n) is 15.8. The summed E-state index contributed by atoms with van der Waals surface area (Å²) in [4.78, 5) is 24.3. The van der Waals surface area contributed by atoms with Crippen molar-refractivity contribution in [3.05, 3.63) is 35.0 Å². The minimum Gasteiger partial charge on any atom is -0.461 e. The lowest BCUT2D eigenvalue weighted by Crippen LogP contribution is -2.35. The van der Waals surface area contributed by atoms with Crippen molar-refractivity contribution in [2.45, 2.75) is 46.3 Å². The maximum atomic E-state index is 12.4. The second-order valence-electron chi connectivity index (χ2n) is 7.02. The molecule has 1 N–H and O–H groups in total. The second kappa shape index (κ2) is 7.99. The SMILES string of the molecule is CCOC(=O)c1cc2c(Cl)cccc2n1C(C)CNC(=O)OC(C)(C)C. The topological polar surface area (TPSA) is 69.6 Å². The molecule has 0 aliphatic rings. The summed E-state index contributed by atoms with van der Waals surface area (Å²) in [5.74, 6) is -0.427. The quantitative estimate of drug-likeness (QED) is 0.772. The molecule has 1 unspecified atom stereocenters. The minimum atomic E-state index is -0.572. The fraction of sp³-hybridized carbons (Fsp3) is 0.474. The van der Waals surface area contributed by atoms with E-state index in [0.29, 0.717) is 10.7 Å². The first-order valence-electron chi connectivity index (χ1n) is 8.57. The van der Waals surface area contributed by atoms with Crippen LogP contribution in [-0.4, -0.2) is 35.4 Å². The minimum absolute atomic E-state index is 0.210. The molecule has 1 amide bonds. The van der Waals surface area contributed by atoms with Crippen molar-refractivity contribution < 1.29 is 19.1 Å². The van der Waals surface area contributed by atoms with E-state index in [9.17, 15) is 9.59 Å². The predicted molar refractivity (Wildman–Crippen MR) is 102 cm³/mol. The van der Waals surface area contributed by atoms with Crippen molar-refractivity contribution in [2.24, 2.45) is 0 Å². The van der Waals surface area contributed by atoms with E-state index in [2.05, 4.69) is 5.32 Å². The fourth-order valence-corrected chi connectivity index (χ4v) is 2.91. The maximum absolute atomic E-state index is 12.4. The maximum Gasteiger partial charge on any atom is 0.407 e. The van der Waals surface area contributed by atoms with Gasteiger partial charge in [-0.05, 0) is 52.8 Å². The van der Waals surface area contributed by atoms with Crippen LogP contribution in [0.4, 0.5) is 4.79 Å². The molecule has 1 atom stereocenters. The van der Waals surface area contributed by atoms with Crippen LogP contribution in [0.25, 0.3) is 10.9 Å². The molecule has 0 aliphatic carbocycles. The first-order valence-corrected chi connectivity index (χ1v) is 8.95. The van der Waals surface area contributed by atoms with Gasteiger partial charge in [-0.2, -0.15) is 0 Å². The van der Waals surface area contributed by atoms with Gasteiger partial charge in [0.2, 0.25) is 0 Å². The Balaban J connectivity index is 2.31. The molecule has 7 heteroatoms. The molecule has 1 heterocycles. The van der Waals surface area contributed by atoms with E-state index in [1.807, 2.05) is 23.6 Å². The van der Waals surface area contributed by atoms with Gasteiger partial charge in [-0.3, -0.25) is 0 Å². The number of ether oxygens (including phenoxy) is 2. The Morgan fingerprint density at radius 2 is 2.00 bits per heavy atom. The van der Waals surface area contributed by atoms with E-state index < -0.39 is 17.7 Å². The molecule has 2 rings (SSSR count). The van der Waals surface area contributed by atoms with E-state index in [-0.39, 0.29) is 19.2 Å². The molecular weight excluding hydrogens is 356 g/mol. The van der Waals surface area contributed by atoms with Crippen LogP contribution in [0.1, 0.15) is 51.1 Å². The van der Waals surface area contributed by atoms with Crippen molar-refractivity contribution in [1.29, 1.82) is 0 Å². The smallest absolute Gasteiger partial charge is 0.407 e. The summed E-state index contributed by atoms with van der Waals surface area (Å²) in [7, 11) is 0. The number of amides is 1. The van der Waals surface area contributed by atoms with E-state index in [1.54, 1.807) is 39.8 Å². The summed E-state index contributed by atoms with van der Waals surface area (Å²) in [5.41, 5.74) is 0.629. The lowest BCUT2D eigenvalue weighted by atomic mass is 10.2. The molecular formula is C19H25ClN2O4. The molecule has 26 heavy (non-hydrogen) atoms. The molecule has 0 spiro atoms. The van der Waals surface area contributed by atoms with Crippen LogP contribution < -0.4 is 5.32 Å². The average Bonchev–Trinajstić information content (AvgIpc) is 2.92. The van der Waals surface area contributed by atoms with Crippen LogP contribution in [0.2, 0.25) is 5.02 Å². The molecule has 1 aromatic heterocycles. The highest BCUT2D eigenvalue weighted by atomic mass is 35.5. The number of aromatic nitrogens is 1. The molecule has 142 valence electrons. The first kappa shape index (κ1) is 20.1. The summed E-state index contributed by atoms with van der Waals surface area (Å²) in [6.07, 6.45) is -0.503. The van der Waals surface area contributed by atoms with Gasteiger partial charge in [-0.15, -0.1) is 0 Å². The lowest BCUT2D eigenvalue weighted by Gasteiger charge is -2.22. The molecule has 6 nitrogen and oxygen atoms in total. The summed E-state index contributed by atoms with van der Waals surface area (Å²) >= 11 is 6.27. The largest absolute Gasteiger partial charge is 0.461 e. The first-order chi connectivity index (χ1) is 12.1. The number of esters is 1. The Hall–Kier alpha value is -2.21. The summed E-state index contributed by atoms with van der Waals surface area (Å²) < 4.78 is 12.3. The standard InChI is InChI=1S/C19H25ClN2O4/c1-6-25-17(23)16-10-13-14(20)8-7-9-15(13)22(16)12(2)11-21-18(24)26-19(3,4)5/h7-10,12H,6,11H2,1-5H3,(H,21,24). The molecule has 0 fully saturated rings. The van der Waals surface area contributed by atoms with E-state index in [0.717, 1.165) is 10.9 Å². The molecule has 0 radical (unpaired) electrons. The van der Waals surface area contributed by atoms with Crippen LogP contribution in [0.5, 0.6) is 0 Å². The van der Waals surface area contributed by atoms with Gasteiger partial charge in [0.05, 0.1) is 12.1 Å². The van der Waals surface area contributed by atoms with Gasteiger partial charge in [0.15, 0.2) is 0 Å². The van der Waals surface area contributed by atoms with Gasteiger partial charge >= 0.3 is 12.1 Å². The van der Waals surface area contributed by atoms with Crippen molar-refractivity contribution >= 4 is 34.6 Å². The van der Waals surface area contributed by atoms with Crippen LogP contribution in [-0.2, 0) is 9.47 Å². The van der Waals surface area contributed by atoms with Gasteiger partial charge < -0.3 is 19.4 Å².